The molecule has 0 aromatic heterocycles. The summed E-state index contributed by atoms with van der Waals surface area (Å²) >= 11 is 0. The molecule has 1 fully saturated rings. The molecule has 1 saturated carbocycles. The van der Waals surface area contributed by atoms with Crippen LogP contribution in [0.1, 0.15) is 29.5 Å². The van der Waals surface area contributed by atoms with Crippen LogP contribution in [0.5, 0.6) is 0 Å². The number of hydrogen-bond acceptors (Lipinski definition) is 2. The van der Waals surface area contributed by atoms with Gasteiger partial charge in [0.15, 0.2) is 0 Å². The van der Waals surface area contributed by atoms with Crippen LogP contribution in [0.2, 0.25) is 0 Å². The Labute approximate surface area is 97.8 Å². The Morgan fingerprint density at radius 2 is 2.00 bits per heavy atom. The van der Waals surface area contributed by atoms with E-state index in [4.69, 9.17) is 10.5 Å². The monoisotopic (exact) mass is 219 g/mol. The van der Waals surface area contributed by atoms with Crippen LogP contribution in [0, 0.1) is 19.8 Å². The predicted molar refractivity (Wildman–Crippen MR) is 66.3 cm³/mol. The summed E-state index contributed by atoms with van der Waals surface area (Å²) in [6, 6.07) is 6.54. The molecule has 16 heavy (non-hydrogen) atoms. The molecule has 0 spiro atoms. The van der Waals surface area contributed by atoms with Gasteiger partial charge in [0, 0.05) is 0 Å². The van der Waals surface area contributed by atoms with Gasteiger partial charge in [0.25, 0.3) is 0 Å². The van der Waals surface area contributed by atoms with Gasteiger partial charge in [-0.2, -0.15) is 0 Å². The first-order valence-corrected chi connectivity index (χ1v) is 6.07. The molecule has 0 saturated heterocycles. The molecule has 0 bridgehead atoms. The zero-order valence-corrected chi connectivity index (χ0v) is 10.2. The fourth-order valence-corrected chi connectivity index (χ4v) is 2.11. The van der Waals surface area contributed by atoms with Crippen molar-refractivity contribution in [2.75, 3.05) is 6.54 Å². The smallest absolute Gasteiger partial charge is 0.0720 e. The van der Waals surface area contributed by atoms with Gasteiger partial charge in [-0.15, -0.1) is 0 Å². The Morgan fingerprint density at radius 3 is 2.62 bits per heavy atom. The van der Waals surface area contributed by atoms with Crippen molar-refractivity contribution in [2.24, 2.45) is 11.7 Å². The molecule has 2 nitrogen and oxygen atoms in total. The van der Waals surface area contributed by atoms with Crippen LogP contribution < -0.4 is 5.73 Å². The zero-order chi connectivity index (χ0) is 11.5. The van der Waals surface area contributed by atoms with Gasteiger partial charge in [0.1, 0.15) is 0 Å². The summed E-state index contributed by atoms with van der Waals surface area (Å²) in [6.07, 6.45) is 2.72. The molecule has 2 heteroatoms. The molecule has 0 atom stereocenters. The summed E-state index contributed by atoms with van der Waals surface area (Å²) in [5.41, 5.74) is 9.55. The number of aryl methyl sites for hydroxylation is 2. The molecule has 0 amide bonds. The van der Waals surface area contributed by atoms with Crippen LogP contribution in [-0.4, -0.2) is 12.6 Å². The SMILES string of the molecule is Cc1ccc(COC2CC(CN)C2)cc1C. The van der Waals surface area contributed by atoms with Gasteiger partial charge in [0.05, 0.1) is 12.7 Å². The van der Waals surface area contributed by atoms with Crippen molar-refractivity contribution in [1.29, 1.82) is 0 Å². The molecule has 1 aromatic carbocycles. The van der Waals surface area contributed by atoms with E-state index in [1.165, 1.54) is 16.7 Å². The molecule has 88 valence electrons. The lowest BCUT2D eigenvalue weighted by Crippen LogP contribution is -2.35. The number of nitrogens with two attached hydrogens (primary N) is 1. The van der Waals surface area contributed by atoms with Crippen molar-refractivity contribution in [3.8, 4) is 0 Å². The van der Waals surface area contributed by atoms with Crippen molar-refractivity contribution in [1.82, 2.24) is 0 Å². The summed E-state index contributed by atoms with van der Waals surface area (Å²) in [7, 11) is 0. The second-order valence-electron chi connectivity index (χ2n) is 4.92. The highest BCUT2D eigenvalue weighted by atomic mass is 16.5. The molecule has 0 radical (unpaired) electrons. The standard InChI is InChI=1S/C14H21NO/c1-10-3-4-12(5-11(10)2)9-16-14-6-13(7-14)8-15/h3-5,13-14H,6-9,15H2,1-2H3. The van der Waals surface area contributed by atoms with Crippen molar-refractivity contribution >= 4 is 0 Å². The van der Waals surface area contributed by atoms with E-state index >= 15 is 0 Å². The van der Waals surface area contributed by atoms with Crippen LogP contribution in [0.4, 0.5) is 0 Å². The van der Waals surface area contributed by atoms with Gasteiger partial charge in [-0.1, -0.05) is 18.2 Å². The van der Waals surface area contributed by atoms with Gasteiger partial charge in [-0.25, -0.2) is 0 Å². The van der Waals surface area contributed by atoms with Crippen molar-refractivity contribution in [3.05, 3.63) is 34.9 Å². The van der Waals surface area contributed by atoms with Gasteiger partial charge >= 0.3 is 0 Å². The van der Waals surface area contributed by atoms with E-state index in [9.17, 15) is 0 Å². The molecule has 0 aliphatic heterocycles. The first-order chi connectivity index (χ1) is 7.69. The first kappa shape index (κ1) is 11.6. The van der Waals surface area contributed by atoms with E-state index in [2.05, 4.69) is 32.0 Å². The Bertz CT molecular complexity index is 356. The summed E-state index contributed by atoms with van der Waals surface area (Å²) in [5.74, 6) is 0.699. The summed E-state index contributed by atoms with van der Waals surface area (Å²) in [4.78, 5) is 0. The molecule has 0 heterocycles. The summed E-state index contributed by atoms with van der Waals surface area (Å²) in [5, 5.41) is 0. The maximum atomic E-state index is 5.84. The van der Waals surface area contributed by atoms with E-state index < -0.39 is 0 Å². The van der Waals surface area contributed by atoms with Gasteiger partial charge in [-0.3, -0.25) is 0 Å². The third-order valence-electron chi connectivity index (χ3n) is 3.58. The molecular formula is C14H21NO. The average molecular weight is 219 g/mol. The fourth-order valence-electron chi connectivity index (χ4n) is 2.11. The van der Waals surface area contributed by atoms with E-state index in [-0.39, 0.29) is 0 Å². The Hall–Kier alpha value is -0.860. The minimum Gasteiger partial charge on any atom is -0.374 e. The van der Waals surface area contributed by atoms with Crippen molar-refractivity contribution < 1.29 is 4.74 Å². The third kappa shape index (κ3) is 2.63. The zero-order valence-electron chi connectivity index (χ0n) is 10.2. The highest BCUT2D eigenvalue weighted by molar-refractivity contribution is 5.29. The Balaban J connectivity index is 1.80. The predicted octanol–water partition coefficient (Wildman–Crippen LogP) is 2.56. The number of rotatable bonds is 4. The lowest BCUT2D eigenvalue weighted by molar-refractivity contribution is -0.0376. The molecule has 1 aromatic rings. The van der Waals surface area contributed by atoms with Gasteiger partial charge < -0.3 is 10.5 Å². The quantitative estimate of drug-likeness (QED) is 0.844. The topological polar surface area (TPSA) is 35.2 Å². The highest BCUT2D eigenvalue weighted by Crippen LogP contribution is 2.29. The van der Waals surface area contributed by atoms with Gasteiger partial charge in [0.2, 0.25) is 0 Å². The normalized spacial score (nSPS) is 24.2. The maximum absolute atomic E-state index is 5.84. The lowest BCUT2D eigenvalue weighted by atomic mass is 9.82. The molecule has 1 aliphatic carbocycles. The van der Waals surface area contributed by atoms with Crippen LogP contribution in [-0.2, 0) is 11.3 Å². The van der Waals surface area contributed by atoms with E-state index in [1.54, 1.807) is 0 Å². The van der Waals surface area contributed by atoms with Crippen molar-refractivity contribution in [3.63, 3.8) is 0 Å². The minimum absolute atomic E-state index is 0.440. The second kappa shape index (κ2) is 4.98. The first-order valence-electron chi connectivity index (χ1n) is 6.07. The van der Waals surface area contributed by atoms with E-state index in [0.29, 0.717) is 12.0 Å². The maximum Gasteiger partial charge on any atom is 0.0720 e. The third-order valence-corrected chi connectivity index (χ3v) is 3.58. The summed E-state index contributed by atoms with van der Waals surface area (Å²) in [6.45, 7) is 5.83. The lowest BCUT2D eigenvalue weighted by Gasteiger charge is -2.34. The number of benzene rings is 1. The van der Waals surface area contributed by atoms with Crippen LogP contribution in [0.25, 0.3) is 0 Å². The molecule has 0 unspecified atom stereocenters. The van der Waals surface area contributed by atoms with Gasteiger partial charge in [-0.05, 0) is 55.8 Å². The van der Waals surface area contributed by atoms with Crippen LogP contribution >= 0.6 is 0 Å². The van der Waals surface area contributed by atoms with Crippen molar-refractivity contribution in [2.45, 2.75) is 39.4 Å². The van der Waals surface area contributed by atoms with E-state index in [0.717, 1.165) is 26.0 Å². The molecular weight excluding hydrogens is 198 g/mol. The Kier molecular flexibility index (Phi) is 3.62. The molecule has 1 aliphatic rings. The number of ether oxygens (including phenoxy) is 1. The molecule has 2 rings (SSSR count). The average Bonchev–Trinajstić information content (AvgIpc) is 2.21. The Morgan fingerprint density at radius 1 is 1.25 bits per heavy atom. The second-order valence-corrected chi connectivity index (χ2v) is 4.92. The largest absolute Gasteiger partial charge is 0.374 e. The number of hydrogen-bond donors (Lipinski definition) is 1. The summed E-state index contributed by atoms with van der Waals surface area (Å²) < 4.78 is 5.84. The van der Waals surface area contributed by atoms with E-state index in [1.807, 2.05) is 0 Å². The van der Waals surface area contributed by atoms with Crippen LogP contribution in [0.3, 0.4) is 0 Å². The highest BCUT2D eigenvalue weighted by Gasteiger charge is 2.28. The molecule has 2 N–H and O–H groups in total. The fraction of sp³-hybridized carbons (Fsp3) is 0.571. The minimum atomic E-state index is 0.440. The van der Waals surface area contributed by atoms with Crippen LogP contribution in [0.15, 0.2) is 18.2 Å².